The fraction of sp³-hybridized carbons (Fsp3) is 0. The quantitative estimate of drug-likeness (QED) is 0.723. The van der Waals surface area contributed by atoms with Gasteiger partial charge in [-0.1, -0.05) is 18.2 Å². The smallest absolute Gasteiger partial charge is 0.261 e. The second-order valence-corrected chi connectivity index (χ2v) is 3.82. The standard InChI is InChI=1S/C11H8N2OS/c14-11(10-12-7-4-8-13-10)15-9-5-2-1-3-6-9/h1-8H. The molecule has 0 fully saturated rings. The molecule has 0 unspecified atom stereocenters. The summed E-state index contributed by atoms with van der Waals surface area (Å²) in [5.41, 5.74) is 0. The maximum absolute atomic E-state index is 11.7. The molecule has 4 heteroatoms. The highest BCUT2D eigenvalue weighted by Crippen LogP contribution is 2.20. The van der Waals surface area contributed by atoms with Crippen LogP contribution < -0.4 is 0 Å². The second kappa shape index (κ2) is 4.70. The number of hydrogen-bond acceptors (Lipinski definition) is 4. The lowest BCUT2D eigenvalue weighted by Crippen LogP contribution is -1.99. The van der Waals surface area contributed by atoms with Gasteiger partial charge in [0.25, 0.3) is 5.12 Å². The number of hydrogen-bond donors (Lipinski definition) is 0. The molecule has 15 heavy (non-hydrogen) atoms. The van der Waals surface area contributed by atoms with Gasteiger partial charge in [-0.2, -0.15) is 0 Å². The summed E-state index contributed by atoms with van der Waals surface area (Å²) in [4.78, 5) is 20.3. The molecular formula is C11H8N2OS. The molecule has 0 aliphatic heterocycles. The minimum Gasteiger partial charge on any atom is -0.278 e. The Balaban J connectivity index is 2.12. The molecule has 74 valence electrons. The Hall–Kier alpha value is -1.68. The molecule has 0 spiro atoms. The first-order valence-corrected chi connectivity index (χ1v) is 5.22. The van der Waals surface area contributed by atoms with Crippen molar-refractivity contribution in [1.29, 1.82) is 0 Å². The van der Waals surface area contributed by atoms with Gasteiger partial charge in [-0.25, -0.2) is 9.97 Å². The SMILES string of the molecule is O=C(Sc1ccccc1)c1ncccn1. The van der Waals surface area contributed by atoms with E-state index in [9.17, 15) is 4.79 Å². The maximum Gasteiger partial charge on any atom is 0.261 e. The van der Waals surface area contributed by atoms with Crippen molar-refractivity contribution in [3.8, 4) is 0 Å². The van der Waals surface area contributed by atoms with Gasteiger partial charge in [-0.3, -0.25) is 4.79 Å². The molecule has 2 aromatic rings. The molecule has 0 bridgehead atoms. The van der Waals surface area contributed by atoms with Crippen molar-refractivity contribution in [2.24, 2.45) is 0 Å². The van der Waals surface area contributed by atoms with Crippen molar-refractivity contribution >= 4 is 16.9 Å². The Morgan fingerprint density at radius 3 is 2.33 bits per heavy atom. The summed E-state index contributed by atoms with van der Waals surface area (Å²) in [6, 6.07) is 11.1. The predicted molar refractivity (Wildman–Crippen MR) is 58.7 cm³/mol. The van der Waals surface area contributed by atoms with E-state index in [1.807, 2.05) is 30.3 Å². The van der Waals surface area contributed by atoms with Crippen molar-refractivity contribution in [2.45, 2.75) is 4.90 Å². The van der Waals surface area contributed by atoms with Gasteiger partial charge in [0.2, 0.25) is 5.82 Å². The molecule has 1 aromatic heterocycles. The number of benzene rings is 1. The Morgan fingerprint density at radius 1 is 1.00 bits per heavy atom. The third kappa shape index (κ3) is 2.63. The minimum absolute atomic E-state index is 0.137. The van der Waals surface area contributed by atoms with Crippen LogP contribution in [-0.4, -0.2) is 15.1 Å². The molecule has 0 saturated heterocycles. The number of rotatable bonds is 2. The summed E-state index contributed by atoms with van der Waals surface area (Å²) in [5.74, 6) is 0.242. The Labute approximate surface area is 91.6 Å². The Morgan fingerprint density at radius 2 is 1.67 bits per heavy atom. The predicted octanol–water partition coefficient (Wildman–Crippen LogP) is 2.41. The molecule has 1 heterocycles. The Bertz CT molecular complexity index is 445. The van der Waals surface area contributed by atoms with E-state index < -0.39 is 0 Å². The average molecular weight is 216 g/mol. The van der Waals surface area contributed by atoms with Crippen LogP contribution in [0.3, 0.4) is 0 Å². The zero-order valence-corrected chi connectivity index (χ0v) is 8.65. The molecule has 1 aromatic carbocycles. The normalized spacial score (nSPS) is 9.87. The number of nitrogens with zero attached hydrogens (tertiary/aromatic N) is 2. The van der Waals surface area contributed by atoms with E-state index in [-0.39, 0.29) is 10.9 Å². The molecule has 0 saturated carbocycles. The number of carbonyl (C=O) groups excluding carboxylic acids is 1. The molecule has 0 aliphatic carbocycles. The van der Waals surface area contributed by atoms with Gasteiger partial charge in [0, 0.05) is 17.3 Å². The van der Waals surface area contributed by atoms with Crippen LogP contribution in [0.2, 0.25) is 0 Å². The maximum atomic E-state index is 11.7. The van der Waals surface area contributed by atoms with Gasteiger partial charge in [0.1, 0.15) is 0 Å². The molecule has 3 nitrogen and oxygen atoms in total. The van der Waals surface area contributed by atoms with Crippen LogP contribution in [0, 0.1) is 0 Å². The third-order valence-corrected chi connectivity index (χ3v) is 2.58. The van der Waals surface area contributed by atoms with Crippen LogP contribution in [0.1, 0.15) is 10.6 Å². The van der Waals surface area contributed by atoms with Crippen LogP contribution in [0.25, 0.3) is 0 Å². The first kappa shape index (κ1) is 9.86. The van der Waals surface area contributed by atoms with E-state index in [0.29, 0.717) is 0 Å². The van der Waals surface area contributed by atoms with Crippen LogP contribution in [0.4, 0.5) is 0 Å². The highest BCUT2D eigenvalue weighted by Gasteiger charge is 2.09. The lowest BCUT2D eigenvalue weighted by atomic mass is 10.4. The molecular weight excluding hydrogens is 208 g/mol. The molecule has 0 radical (unpaired) electrons. The van der Waals surface area contributed by atoms with E-state index >= 15 is 0 Å². The second-order valence-electron chi connectivity index (χ2n) is 2.77. The van der Waals surface area contributed by atoms with Crippen LogP contribution in [0.5, 0.6) is 0 Å². The van der Waals surface area contributed by atoms with E-state index in [1.165, 1.54) is 0 Å². The van der Waals surface area contributed by atoms with E-state index in [1.54, 1.807) is 18.5 Å². The molecule has 0 atom stereocenters. The van der Waals surface area contributed by atoms with E-state index in [0.717, 1.165) is 16.7 Å². The third-order valence-electron chi connectivity index (χ3n) is 1.70. The van der Waals surface area contributed by atoms with Gasteiger partial charge in [-0.15, -0.1) is 0 Å². The first-order chi connectivity index (χ1) is 7.36. The summed E-state index contributed by atoms with van der Waals surface area (Å²) in [6.45, 7) is 0. The van der Waals surface area contributed by atoms with Crippen molar-refractivity contribution < 1.29 is 4.79 Å². The van der Waals surface area contributed by atoms with Crippen molar-refractivity contribution in [1.82, 2.24) is 9.97 Å². The summed E-state index contributed by atoms with van der Waals surface area (Å²) < 4.78 is 0. The van der Waals surface area contributed by atoms with Gasteiger partial charge in [0.15, 0.2) is 0 Å². The lowest BCUT2D eigenvalue weighted by molar-refractivity contribution is 0.108. The zero-order valence-electron chi connectivity index (χ0n) is 7.83. The topological polar surface area (TPSA) is 42.9 Å². The largest absolute Gasteiger partial charge is 0.278 e. The number of thioether (sulfide) groups is 1. The lowest BCUT2D eigenvalue weighted by Gasteiger charge is -1.98. The van der Waals surface area contributed by atoms with Gasteiger partial charge >= 0.3 is 0 Å². The molecule has 0 amide bonds. The molecule has 2 rings (SSSR count). The van der Waals surface area contributed by atoms with Crippen LogP contribution >= 0.6 is 11.8 Å². The average Bonchev–Trinajstić information content (AvgIpc) is 2.31. The summed E-state index contributed by atoms with van der Waals surface area (Å²) >= 11 is 1.13. The zero-order chi connectivity index (χ0) is 10.5. The monoisotopic (exact) mass is 216 g/mol. The summed E-state index contributed by atoms with van der Waals surface area (Å²) in [6.07, 6.45) is 3.12. The number of aromatic nitrogens is 2. The van der Waals surface area contributed by atoms with E-state index in [4.69, 9.17) is 0 Å². The van der Waals surface area contributed by atoms with Crippen LogP contribution in [-0.2, 0) is 0 Å². The fourth-order valence-electron chi connectivity index (χ4n) is 1.05. The van der Waals surface area contributed by atoms with Crippen molar-refractivity contribution in [2.75, 3.05) is 0 Å². The fourth-order valence-corrected chi connectivity index (χ4v) is 1.75. The Kier molecular flexibility index (Phi) is 3.09. The van der Waals surface area contributed by atoms with Crippen molar-refractivity contribution in [3.63, 3.8) is 0 Å². The molecule has 0 N–H and O–H groups in total. The summed E-state index contributed by atoms with van der Waals surface area (Å²) in [7, 11) is 0. The minimum atomic E-state index is -0.137. The summed E-state index contributed by atoms with van der Waals surface area (Å²) in [5, 5.41) is -0.137. The highest BCUT2D eigenvalue weighted by molar-refractivity contribution is 8.14. The van der Waals surface area contributed by atoms with Gasteiger partial charge in [-0.05, 0) is 30.0 Å². The first-order valence-electron chi connectivity index (χ1n) is 4.40. The number of carbonyl (C=O) groups is 1. The van der Waals surface area contributed by atoms with Crippen molar-refractivity contribution in [3.05, 3.63) is 54.6 Å². The van der Waals surface area contributed by atoms with Crippen LogP contribution in [0.15, 0.2) is 53.7 Å². The van der Waals surface area contributed by atoms with E-state index in [2.05, 4.69) is 9.97 Å². The highest BCUT2D eigenvalue weighted by atomic mass is 32.2. The van der Waals surface area contributed by atoms with Gasteiger partial charge < -0.3 is 0 Å². The van der Waals surface area contributed by atoms with Gasteiger partial charge in [0.05, 0.1) is 0 Å². The molecule has 0 aliphatic rings.